The zero-order valence-corrected chi connectivity index (χ0v) is 12.8. The third kappa shape index (κ3) is 3.72. The highest BCUT2D eigenvalue weighted by Gasteiger charge is 2.12. The summed E-state index contributed by atoms with van der Waals surface area (Å²) in [6.07, 6.45) is 3.84. The van der Waals surface area contributed by atoms with Gasteiger partial charge in [-0.05, 0) is 30.7 Å². The van der Waals surface area contributed by atoms with Crippen LogP contribution in [0.5, 0.6) is 5.75 Å². The van der Waals surface area contributed by atoms with E-state index in [-0.39, 0.29) is 11.8 Å². The lowest BCUT2D eigenvalue weighted by Crippen LogP contribution is -2.18. The van der Waals surface area contributed by atoms with Crippen LogP contribution in [0, 0.1) is 5.92 Å². The fourth-order valence-corrected chi connectivity index (χ4v) is 1.98. The Labute approximate surface area is 125 Å². The monoisotopic (exact) mass is 286 g/mol. The number of pyridine rings is 1. The molecule has 1 amide bonds. The van der Waals surface area contributed by atoms with Crippen molar-refractivity contribution in [1.82, 2.24) is 4.98 Å². The normalized spacial score (nSPS) is 10.9. The molecule has 0 aliphatic rings. The van der Waals surface area contributed by atoms with Gasteiger partial charge in [0.25, 0.3) is 0 Å². The number of anilines is 1. The Morgan fingerprint density at radius 3 is 2.86 bits per heavy atom. The Hall–Kier alpha value is -2.10. The Balaban J connectivity index is 2.33. The number of unbranched alkanes of at least 4 members (excludes halogenated alkanes) is 1. The van der Waals surface area contributed by atoms with Crippen molar-refractivity contribution in [3.63, 3.8) is 0 Å². The third-order valence-electron chi connectivity index (χ3n) is 3.27. The molecule has 1 aromatic carbocycles. The number of aromatic nitrogens is 1. The van der Waals surface area contributed by atoms with Crippen molar-refractivity contribution in [2.45, 2.75) is 33.6 Å². The van der Waals surface area contributed by atoms with Crippen LogP contribution in [-0.2, 0) is 4.79 Å². The molecule has 21 heavy (non-hydrogen) atoms. The van der Waals surface area contributed by atoms with Gasteiger partial charge in [0.15, 0.2) is 0 Å². The van der Waals surface area contributed by atoms with Gasteiger partial charge >= 0.3 is 0 Å². The highest BCUT2D eigenvalue weighted by molar-refractivity contribution is 6.03. The first-order valence-corrected chi connectivity index (χ1v) is 7.45. The maximum Gasteiger partial charge on any atom is 0.226 e. The van der Waals surface area contributed by atoms with Gasteiger partial charge in [0.1, 0.15) is 11.3 Å². The van der Waals surface area contributed by atoms with Crippen LogP contribution in [0.4, 0.5) is 5.69 Å². The minimum absolute atomic E-state index is 0.000181. The fraction of sp³-hybridized carbons (Fsp3) is 0.412. The van der Waals surface area contributed by atoms with Crippen molar-refractivity contribution in [3.8, 4) is 5.75 Å². The molecule has 4 nitrogen and oxygen atoms in total. The largest absolute Gasteiger partial charge is 0.491 e. The maximum absolute atomic E-state index is 11.9. The Morgan fingerprint density at radius 1 is 1.33 bits per heavy atom. The molecule has 0 unspecified atom stereocenters. The number of nitrogens with one attached hydrogen (secondary N) is 1. The predicted molar refractivity (Wildman–Crippen MR) is 85.6 cm³/mol. The summed E-state index contributed by atoms with van der Waals surface area (Å²) in [6, 6.07) is 7.57. The highest BCUT2D eigenvalue weighted by atomic mass is 16.5. The molecule has 0 aliphatic heterocycles. The van der Waals surface area contributed by atoms with E-state index in [0.717, 1.165) is 35.2 Å². The van der Waals surface area contributed by atoms with Crippen LogP contribution in [0.3, 0.4) is 0 Å². The molecule has 0 spiro atoms. The smallest absolute Gasteiger partial charge is 0.226 e. The van der Waals surface area contributed by atoms with E-state index in [1.807, 2.05) is 38.1 Å². The summed E-state index contributed by atoms with van der Waals surface area (Å²) in [5.74, 6) is 0.707. The van der Waals surface area contributed by atoms with Crippen molar-refractivity contribution >= 4 is 22.5 Å². The van der Waals surface area contributed by atoms with Gasteiger partial charge in [-0.15, -0.1) is 0 Å². The van der Waals surface area contributed by atoms with Gasteiger partial charge in [0, 0.05) is 17.5 Å². The van der Waals surface area contributed by atoms with Crippen LogP contribution in [0.1, 0.15) is 33.6 Å². The minimum atomic E-state index is -0.0581. The predicted octanol–water partition coefficient (Wildman–Crippen LogP) is 4.01. The molecule has 112 valence electrons. The van der Waals surface area contributed by atoms with Crippen molar-refractivity contribution in [1.29, 1.82) is 0 Å². The Kier molecular flexibility index (Phi) is 5.14. The number of hydrogen-bond donors (Lipinski definition) is 1. The number of carbonyl (C=O) groups excluding carboxylic acids is 1. The molecule has 2 rings (SSSR count). The average Bonchev–Trinajstić information content (AvgIpc) is 2.49. The second-order valence-corrected chi connectivity index (χ2v) is 5.36. The number of amides is 1. The van der Waals surface area contributed by atoms with Crippen molar-refractivity contribution in [3.05, 3.63) is 30.5 Å². The summed E-state index contributed by atoms with van der Waals surface area (Å²) in [4.78, 5) is 16.3. The van der Waals surface area contributed by atoms with E-state index < -0.39 is 0 Å². The third-order valence-corrected chi connectivity index (χ3v) is 3.27. The van der Waals surface area contributed by atoms with Gasteiger partial charge in [-0.3, -0.25) is 9.78 Å². The van der Waals surface area contributed by atoms with Gasteiger partial charge in [-0.25, -0.2) is 0 Å². The van der Waals surface area contributed by atoms with E-state index in [2.05, 4.69) is 17.2 Å². The standard InChI is InChI=1S/C17H22N2O2/c1-4-5-11-21-15-9-8-14(19-17(20)12(2)3)13-7-6-10-18-16(13)15/h6-10,12H,4-5,11H2,1-3H3,(H,19,20). The summed E-state index contributed by atoms with van der Waals surface area (Å²) in [7, 11) is 0. The average molecular weight is 286 g/mol. The molecule has 2 aromatic rings. The quantitative estimate of drug-likeness (QED) is 0.816. The SMILES string of the molecule is CCCCOc1ccc(NC(=O)C(C)C)c2cccnc12. The second-order valence-electron chi connectivity index (χ2n) is 5.36. The van der Waals surface area contributed by atoms with Crippen LogP contribution in [0.2, 0.25) is 0 Å². The molecule has 0 saturated heterocycles. The molecular weight excluding hydrogens is 264 g/mol. The number of benzene rings is 1. The lowest BCUT2D eigenvalue weighted by atomic mass is 10.1. The topological polar surface area (TPSA) is 51.2 Å². The fourth-order valence-electron chi connectivity index (χ4n) is 1.98. The second kappa shape index (κ2) is 7.07. The van der Waals surface area contributed by atoms with Crippen LogP contribution in [0.25, 0.3) is 10.9 Å². The van der Waals surface area contributed by atoms with Crippen molar-refractivity contribution in [2.24, 2.45) is 5.92 Å². The van der Waals surface area contributed by atoms with Gasteiger partial charge in [-0.1, -0.05) is 27.2 Å². The first-order chi connectivity index (χ1) is 10.1. The Bertz CT molecular complexity index is 623. The number of rotatable bonds is 6. The van der Waals surface area contributed by atoms with Crippen LogP contribution >= 0.6 is 0 Å². The summed E-state index contributed by atoms with van der Waals surface area (Å²) in [5.41, 5.74) is 1.56. The van der Waals surface area contributed by atoms with Crippen molar-refractivity contribution in [2.75, 3.05) is 11.9 Å². The van der Waals surface area contributed by atoms with Crippen LogP contribution in [-0.4, -0.2) is 17.5 Å². The van der Waals surface area contributed by atoms with Gasteiger partial charge in [0.2, 0.25) is 5.91 Å². The number of nitrogens with zero attached hydrogens (tertiary/aromatic N) is 1. The molecule has 1 aromatic heterocycles. The molecule has 1 heterocycles. The van der Waals surface area contributed by atoms with E-state index in [4.69, 9.17) is 4.74 Å². The van der Waals surface area contributed by atoms with Gasteiger partial charge in [-0.2, -0.15) is 0 Å². The van der Waals surface area contributed by atoms with Crippen molar-refractivity contribution < 1.29 is 9.53 Å². The summed E-state index contributed by atoms with van der Waals surface area (Å²) < 4.78 is 5.79. The number of carbonyl (C=O) groups is 1. The molecular formula is C17H22N2O2. The maximum atomic E-state index is 11.9. The molecule has 0 atom stereocenters. The molecule has 0 saturated carbocycles. The molecule has 0 fully saturated rings. The van der Waals surface area contributed by atoms with Gasteiger partial charge < -0.3 is 10.1 Å². The minimum Gasteiger partial charge on any atom is -0.491 e. The van der Waals surface area contributed by atoms with E-state index in [1.54, 1.807) is 6.20 Å². The van der Waals surface area contributed by atoms with Crippen LogP contribution in [0.15, 0.2) is 30.5 Å². The van der Waals surface area contributed by atoms with E-state index in [0.29, 0.717) is 6.61 Å². The van der Waals surface area contributed by atoms with Crippen LogP contribution < -0.4 is 10.1 Å². The summed E-state index contributed by atoms with van der Waals surface area (Å²) >= 11 is 0. The summed E-state index contributed by atoms with van der Waals surface area (Å²) in [6.45, 7) is 6.56. The summed E-state index contributed by atoms with van der Waals surface area (Å²) in [5, 5.41) is 3.85. The molecule has 0 bridgehead atoms. The van der Waals surface area contributed by atoms with Gasteiger partial charge in [0.05, 0.1) is 12.3 Å². The number of fused-ring (bicyclic) bond motifs is 1. The first-order valence-electron chi connectivity index (χ1n) is 7.45. The lowest BCUT2D eigenvalue weighted by Gasteiger charge is -2.13. The lowest BCUT2D eigenvalue weighted by molar-refractivity contribution is -0.118. The molecule has 1 N–H and O–H groups in total. The zero-order valence-electron chi connectivity index (χ0n) is 12.8. The number of ether oxygens (including phenoxy) is 1. The van der Waals surface area contributed by atoms with E-state index >= 15 is 0 Å². The Morgan fingerprint density at radius 2 is 2.14 bits per heavy atom. The first kappa shape index (κ1) is 15.3. The highest BCUT2D eigenvalue weighted by Crippen LogP contribution is 2.30. The molecule has 0 aliphatic carbocycles. The van der Waals surface area contributed by atoms with E-state index in [9.17, 15) is 4.79 Å². The molecule has 4 heteroatoms. The zero-order chi connectivity index (χ0) is 15.2. The molecule has 0 radical (unpaired) electrons. The van der Waals surface area contributed by atoms with E-state index in [1.165, 1.54) is 0 Å². The number of hydrogen-bond acceptors (Lipinski definition) is 3.